The van der Waals surface area contributed by atoms with Crippen LogP contribution in [0, 0.1) is 0 Å². The van der Waals surface area contributed by atoms with Gasteiger partial charge >= 0.3 is 71.6 Å². The third kappa shape index (κ3) is 4.57. The van der Waals surface area contributed by atoms with Crippen LogP contribution in [-0.2, 0) is 9.53 Å². The summed E-state index contributed by atoms with van der Waals surface area (Å²) in [4.78, 5) is 10.8. The van der Waals surface area contributed by atoms with E-state index in [-0.39, 0.29) is 6.92 Å². The third-order valence-electron chi connectivity index (χ3n) is 4.51. The Kier molecular flexibility index (Phi) is 8.75. The van der Waals surface area contributed by atoms with Crippen molar-refractivity contribution in [2.45, 2.75) is 72.5 Å². The molecule has 0 spiro atoms. The van der Waals surface area contributed by atoms with Gasteiger partial charge in [0.1, 0.15) is 0 Å². The first kappa shape index (κ1) is 37.6. The molecule has 40 heavy (non-hydrogen) atoms. The van der Waals surface area contributed by atoms with Gasteiger partial charge in [-0.1, -0.05) is 6.58 Å². The molecular weight excluding hydrogens is 649 g/mol. The van der Waals surface area contributed by atoms with E-state index in [2.05, 4.69) is 11.3 Å². The first-order valence-corrected chi connectivity index (χ1v) is 8.56. The summed E-state index contributed by atoms with van der Waals surface area (Å²) >= 11 is 0. The largest absolute Gasteiger partial charge is 0.473 e. The second-order valence-corrected chi connectivity index (χ2v) is 7.36. The summed E-state index contributed by atoms with van der Waals surface area (Å²) in [6, 6.07) is 0. The number of carbonyl (C=O) groups is 1. The molecule has 0 radical (unpaired) electrons. The molecule has 0 fully saturated rings. The van der Waals surface area contributed by atoms with Crippen LogP contribution in [-0.4, -0.2) is 71.6 Å². The first-order chi connectivity index (χ1) is 16.8. The zero-order valence-corrected chi connectivity index (χ0v) is 17.7. The maximum absolute atomic E-state index is 13.6. The molecule has 0 atom stereocenters. The van der Waals surface area contributed by atoms with Crippen LogP contribution in [0.1, 0.15) is 6.92 Å². The second-order valence-electron chi connectivity index (χ2n) is 7.36. The molecule has 0 aromatic heterocycles. The normalized spacial score (nSPS) is 16.2. The molecule has 0 aliphatic carbocycles. The highest BCUT2D eigenvalue weighted by atomic mass is 19.4. The van der Waals surface area contributed by atoms with E-state index >= 15 is 0 Å². The first-order valence-electron chi connectivity index (χ1n) is 8.56. The number of hydrogen-bond donors (Lipinski definition) is 0. The summed E-state index contributed by atoms with van der Waals surface area (Å²) in [5, 5.41) is 0. The molecule has 0 N–H and O–H groups in total. The van der Waals surface area contributed by atoms with E-state index < -0.39 is 77.1 Å². The molecule has 0 unspecified atom stereocenters. The van der Waals surface area contributed by atoms with Gasteiger partial charge in [0.05, 0.1) is 0 Å². The molecule has 0 aliphatic rings. The minimum absolute atomic E-state index is 0.243. The van der Waals surface area contributed by atoms with Gasteiger partial charge < -0.3 is 4.74 Å². The zero-order chi connectivity index (χ0) is 33.4. The smallest absolute Gasteiger partial charge is 0.393 e. The fourth-order valence-electron chi connectivity index (χ4n) is 2.17. The fourth-order valence-corrected chi connectivity index (χ4v) is 2.17. The number of halogens is 23. The van der Waals surface area contributed by atoms with Crippen LogP contribution >= 0.6 is 0 Å². The molecule has 0 aromatic rings. The zero-order valence-electron chi connectivity index (χ0n) is 17.7. The third-order valence-corrected chi connectivity index (χ3v) is 4.51. The Morgan fingerprint density at radius 3 is 0.900 bits per heavy atom. The number of esters is 1. The van der Waals surface area contributed by atoms with Crippen LogP contribution in [0.15, 0.2) is 12.2 Å². The lowest BCUT2D eigenvalue weighted by Crippen LogP contribution is -2.79. The summed E-state index contributed by atoms with van der Waals surface area (Å²) in [6.07, 6.45) is -24.6. The van der Waals surface area contributed by atoms with Crippen LogP contribution in [0.4, 0.5) is 101 Å². The summed E-state index contributed by atoms with van der Waals surface area (Å²) < 4.78 is 306. The number of ether oxygens (including phenoxy) is 1. The Bertz CT molecular complexity index is 969. The van der Waals surface area contributed by atoms with E-state index in [9.17, 15) is 106 Å². The molecule has 2 nitrogen and oxygen atoms in total. The van der Waals surface area contributed by atoms with Crippen LogP contribution in [0.3, 0.4) is 0 Å². The lowest BCUT2D eigenvalue weighted by molar-refractivity contribution is -0.487. The molecule has 0 rings (SSSR count). The van der Waals surface area contributed by atoms with E-state index in [1.807, 2.05) is 0 Å². The van der Waals surface area contributed by atoms with Crippen molar-refractivity contribution in [2.75, 3.05) is 0 Å². The van der Waals surface area contributed by atoms with Gasteiger partial charge in [0.25, 0.3) is 0 Å². The Morgan fingerprint density at radius 1 is 0.450 bits per heavy atom. The maximum atomic E-state index is 13.6. The van der Waals surface area contributed by atoms with Crippen molar-refractivity contribution in [3.8, 4) is 0 Å². The van der Waals surface area contributed by atoms with E-state index in [1.165, 1.54) is 0 Å². The van der Waals surface area contributed by atoms with E-state index in [1.54, 1.807) is 0 Å². The summed E-state index contributed by atoms with van der Waals surface area (Å²) in [7, 11) is 0. The summed E-state index contributed by atoms with van der Waals surface area (Å²) in [5.74, 6) is -67.7. The maximum Gasteiger partial charge on any atom is 0.473 e. The highest BCUT2D eigenvalue weighted by molar-refractivity contribution is 5.87. The molecule has 0 aliphatic heterocycles. The van der Waals surface area contributed by atoms with Crippen LogP contribution in [0.25, 0.3) is 0 Å². The van der Waals surface area contributed by atoms with Crippen molar-refractivity contribution in [1.29, 1.82) is 0 Å². The van der Waals surface area contributed by atoms with E-state index in [0.717, 1.165) is 0 Å². The van der Waals surface area contributed by atoms with Crippen molar-refractivity contribution >= 4 is 5.97 Å². The number of rotatable bonds is 10. The van der Waals surface area contributed by atoms with Gasteiger partial charge in [-0.2, -0.15) is 96.6 Å². The molecule has 0 saturated carbocycles. The van der Waals surface area contributed by atoms with Gasteiger partial charge in [-0.15, -0.1) is 0 Å². The molecule has 0 bridgehead atoms. The Labute approximate surface area is 202 Å². The fraction of sp³-hybridized carbons (Fsp3) is 0.800. The highest BCUT2D eigenvalue weighted by Gasteiger charge is 3.00. The molecule has 25 heteroatoms. The number of alkyl halides is 23. The Balaban J connectivity index is 7.33. The average Bonchev–Trinajstić information content (AvgIpc) is 2.69. The topological polar surface area (TPSA) is 26.3 Å². The molecule has 238 valence electrons. The van der Waals surface area contributed by atoms with Gasteiger partial charge in [-0.05, 0) is 6.92 Å². The molecular formula is C15H5F23O2. The standard InChI is InChI=1S/C15H5F23O2/c1-3(2)4(39)40-15(37,38)12(29,30)11(27,28)10(25,26)9(23,24)8(21,22)7(19,20)6(17,18)5(16,13(31,32)33)14(34,35)36/h1H2,2H3. The van der Waals surface area contributed by atoms with Crippen molar-refractivity contribution in [2.24, 2.45) is 0 Å². The van der Waals surface area contributed by atoms with Crippen LogP contribution in [0.5, 0.6) is 0 Å². The van der Waals surface area contributed by atoms with Gasteiger partial charge in [-0.3, -0.25) is 0 Å². The molecule has 0 aromatic carbocycles. The monoisotopic (exact) mass is 654 g/mol. The van der Waals surface area contributed by atoms with Crippen molar-refractivity contribution < 1.29 is 111 Å². The van der Waals surface area contributed by atoms with Gasteiger partial charge in [0.15, 0.2) is 0 Å². The number of hydrogen-bond acceptors (Lipinski definition) is 2. The second kappa shape index (κ2) is 9.31. The molecule has 0 heterocycles. The minimum Gasteiger partial charge on any atom is -0.393 e. The highest BCUT2D eigenvalue weighted by Crippen LogP contribution is 2.67. The van der Waals surface area contributed by atoms with Crippen LogP contribution in [0.2, 0.25) is 0 Å². The van der Waals surface area contributed by atoms with Gasteiger partial charge in [0, 0.05) is 5.57 Å². The van der Waals surface area contributed by atoms with Crippen molar-refractivity contribution in [3.05, 3.63) is 12.2 Å². The van der Waals surface area contributed by atoms with Gasteiger partial charge in [0.2, 0.25) is 0 Å². The lowest BCUT2D eigenvalue weighted by Gasteiger charge is -2.45. The summed E-state index contributed by atoms with van der Waals surface area (Å²) in [5.41, 5.74) is -10.5. The Hall–Kier alpha value is -2.40. The van der Waals surface area contributed by atoms with Crippen molar-refractivity contribution in [1.82, 2.24) is 0 Å². The van der Waals surface area contributed by atoms with Crippen molar-refractivity contribution in [3.63, 3.8) is 0 Å². The molecule has 0 saturated heterocycles. The Morgan fingerprint density at radius 2 is 0.675 bits per heavy atom. The predicted octanol–water partition coefficient (Wildman–Crippen LogP) is 7.98. The van der Waals surface area contributed by atoms with Gasteiger partial charge in [-0.25, -0.2) is 9.18 Å². The minimum atomic E-state index is -9.55. The summed E-state index contributed by atoms with van der Waals surface area (Å²) in [6.45, 7) is 2.60. The molecule has 0 amide bonds. The van der Waals surface area contributed by atoms with Crippen LogP contribution < -0.4 is 0 Å². The number of carbonyl (C=O) groups excluding carboxylic acids is 1. The predicted molar refractivity (Wildman–Crippen MR) is 76.4 cm³/mol. The van der Waals surface area contributed by atoms with E-state index in [0.29, 0.717) is 0 Å². The quantitative estimate of drug-likeness (QED) is 0.136. The SMILES string of the molecule is C=C(C)C(=O)OC(F)(F)C(F)(F)C(F)(F)C(F)(F)C(F)(F)C(F)(F)C(F)(F)C(F)(F)C(F)(C(F)(F)F)C(F)(F)F. The van der Waals surface area contributed by atoms with E-state index in [4.69, 9.17) is 0 Å². The lowest BCUT2D eigenvalue weighted by atomic mass is 9.83. The average molecular weight is 654 g/mol.